The van der Waals surface area contributed by atoms with Gasteiger partial charge < -0.3 is 31.7 Å². The predicted octanol–water partition coefficient (Wildman–Crippen LogP) is 7.88. The third-order valence-corrected chi connectivity index (χ3v) is 1.98. The van der Waals surface area contributed by atoms with E-state index < -0.39 is 0 Å². The zero-order valence-electron chi connectivity index (χ0n) is 18.6. The van der Waals surface area contributed by atoms with Crippen LogP contribution in [0.2, 0.25) is 0 Å². The van der Waals surface area contributed by atoms with E-state index in [2.05, 4.69) is 77.8 Å². The summed E-state index contributed by atoms with van der Waals surface area (Å²) >= 11 is 1.36. The third-order valence-electron chi connectivity index (χ3n) is 1.98. The normalized spacial score (nSPS) is 9.11. The SMILES string of the molecule is C[C-](C)C.C[C-](C)C.Cl.Cl.[C-]1=CC=CC1.[CH3-].[CH3-].[Si]=[Zr].[c-]1cc2ccccc2[nH]1. The second kappa shape index (κ2) is 31.6. The van der Waals surface area contributed by atoms with Gasteiger partial charge in [0.15, 0.2) is 0 Å². The zero-order chi connectivity index (χ0) is 18.8. The van der Waals surface area contributed by atoms with E-state index in [0.29, 0.717) is 0 Å². The Hall–Kier alpha value is -0.0800. The molecule has 162 valence electrons. The molecule has 1 aliphatic carbocycles. The van der Waals surface area contributed by atoms with Gasteiger partial charge in [-0.1, -0.05) is 12.1 Å². The number of para-hydroxylation sites is 1. The van der Waals surface area contributed by atoms with Gasteiger partial charge in [0.1, 0.15) is 0 Å². The molecule has 3 rings (SSSR count). The standard InChI is InChI=1S/C8H6N.C5H5.2C4H9.2CH3.2ClH.Si.Zr/c1-2-4-8-7(3-1)5-6-9-8;1-2-4-5-3-1;2*1-4(2)3;;;;;;/h1-5,9H;1-3H,4H2;2*1-3H3;2*1H3;2*1H;;/q6*-1;;;;. The van der Waals surface area contributed by atoms with Gasteiger partial charge in [0.2, 0.25) is 0 Å². The molecule has 1 aromatic heterocycles. The zero-order valence-corrected chi connectivity index (χ0v) is 23.7. The summed E-state index contributed by atoms with van der Waals surface area (Å²) in [6.07, 6.45) is 12.9. The van der Waals surface area contributed by atoms with E-state index in [-0.39, 0.29) is 39.7 Å². The van der Waals surface area contributed by atoms with Crippen LogP contribution in [0.5, 0.6) is 0 Å². The minimum Gasteiger partial charge on any atom is -0.477 e. The first-order chi connectivity index (χ1) is 11.4. The van der Waals surface area contributed by atoms with Crippen molar-refractivity contribution in [3.63, 3.8) is 0 Å². The van der Waals surface area contributed by atoms with Crippen molar-refractivity contribution in [1.29, 1.82) is 0 Å². The molecule has 0 amide bonds. The molecular weight excluding hydrogens is 480 g/mol. The number of benzene rings is 1. The molecule has 2 aromatic rings. The molecule has 0 aliphatic heterocycles. The monoisotopic (exact) mass is 515 g/mol. The Morgan fingerprint density at radius 2 is 1.39 bits per heavy atom. The van der Waals surface area contributed by atoms with Gasteiger partial charge in [-0.25, -0.2) is 12.2 Å². The van der Waals surface area contributed by atoms with Gasteiger partial charge in [0, 0.05) is 0 Å². The molecule has 1 aromatic carbocycles. The van der Waals surface area contributed by atoms with Crippen molar-refractivity contribution in [2.45, 2.75) is 48.0 Å². The first kappa shape index (κ1) is 42.1. The van der Waals surface area contributed by atoms with Crippen molar-refractivity contribution >= 4 is 42.6 Å². The van der Waals surface area contributed by atoms with Crippen LogP contribution in [-0.2, 0) is 23.3 Å². The number of aromatic nitrogens is 1. The summed E-state index contributed by atoms with van der Waals surface area (Å²) in [5, 5.41) is 1.22. The van der Waals surface area contributed by atoms with Gasteiger partial charge in [0.25, 0.3) is 0 Å². The van der Waals surface area contributed by atoms with E-state index in [9.17, 15) is 0 Å². The summed E-state index contributed by atoms with van der Waals surface area (Å²) in [5.41, 5.74) is 1.15. The Kier molecular flexibility index (Phi) is 47.5. The number of allylic oxidation sites excluding steroid dienone is 4. The number of hydrogen-bond donors (Lipinski definition) is 1. The molecule has 0 fully saturated rings. The van der Waals surface area contributed by atoms with E-state index in [1.165, 1.54) is 40.6 Å². The van der Waals surface area contributed by atoms with Crippen LogP contribution in [0.1, 0.15) is 48.0 Å². The van der Waals surface area contributed by atoms with Gasteiger partial charge in [-0.3, -0.25) is 6.08 Å². The van der Waals surface area contributed by atoms with Crippen molar-refractivity contribution in [2.75, 3.05) is 0 Å². The largest absolute Gasteiger partial charge is 0.477 e. The fourth-order valence-corrected chi connectivity index (χ4v) is 1.27. The average molecular weight is 518 g/mol. The molecule has 0 saturated carbocycles. The topological polar surface area (TPSA) is 15.8 Å². The number of nitrogens with one attached hydrogen (secondary N) is 1. The Balaban J connectivity index is -0.0000000568. The summed E-state index contributed by atoms with van der Waals surface area (Å²) in [6, 6.07) is 10.1. The first-order valence-corrected chi connectivity index (χ1v) is 12.1. The van der Waals surface area contributed by atoms with Gasteiger partial charge in [-0.15, -0.1) is 55.1 Å². The minimum absolute atomic E-state index is 0. The van der Waals surface area contributed by atoms with Crippen molar-refractivity contribution in [3.05, 3.63) is 87.5 Å². The van der Waals surface area contributed by atoms with E-state index in [0.717, 1.165) is 11.9 Å². The number of rotatable bonds is 0. The smallest absolute Gasteiger partial charge is 0.0745 e. The molecule has 5 heteroatoms. The maximum atomic E-state index is 3.06. The molecule has 1 aliphatic rings. The van der Waals surface area contributed by atoms with Crippen LogP contribution in [0.25, 0.3) is 10.9 Å². The molecule has 0 spiro atoms. The van der Waals surface area contributed by atoms with Crippen LogP contribution in [0, 0.1) is 39.0 Å². The second-order valence-corrected chi connectivity index (χ2v) is 6.00. The van der Waals surface area contributed by atoms with E-state index >= 15 is 0 Å². The average Bonchev–Trinajstić information content (AvgIpc) is 3.23. The van der Waals surface area contributed by atoms with Crippen LogP contribution in [0.3, 0.4) is 0 Å². The fourth-order valence-electron chi connectivity index (χ4n) is 1.27. The van der Waals surface area contributed by atoms with Crippen LogP contribution in [0.15, 0.2) is 48.6 Å². The Morgan fingerprint density at radius 3 is 1.71 bits per heavy atom. The van der Waals surface area contributed by atoms with Crippen molar-refractivity contribution in [1.82, 2.24) is 4.98 Å². The number of H-pyrrole nitrogens is 1. The fraction of sp³-hybridized carbons (Fsp3) is 0.304. The first-order valence-electron chi connectivity index (χ1n) is 7.87. The Morgan fingerprint density at radius 1 is 0.929 bits per heavy atom. The number of halogens is 2. The Labute approximate surface area is 205 Å². The minimum atomic E-state index is 0. The van der Waals surface area contributed by atoms with Crippen LogP contribution in [0.4, 0.5) is 0 Å². The van der Waals surface area contributed by atoms with Gasteiger partial charge in [-0.05, 0) is 0 Å². The molecule has 1 heterocycles. The summed E-state index contributed by atoms with van der Waals surface area (Å²) in [6.45, 7) is 15.6. The molecular formula is C23H37Cl2NSiZr-6. The molecule has 1 nitrogen and oxygen atoms in total. The molecule has 1 N–H and O–H groups in total. The molecule has 2 radical (unpaired) electrons. The molecule has 0 saturated heterocycles. The molecule has 28 heavy (non-hydrogen) atoms. The van der Waals surface area contributed by atoms with E-state index in [1.54, 1.807) is 0 Å². The summed E-state index contributed by atoms with van der Waals surface area (Å²) in [7, 11) is 0. The third kappa shape index (κ3) is 33.5. The Bertz CT molecular complexity index is 515. The number of fused-ring (bicyclic) bond motifs is 1. The molecule has 0 bridgehead atoms. The second-order valence-electron chi connectivity index (χ2n) is 6.00. The van der Waals surface area contributed by atoms with Gasteiger partial charge in [0.05, 0.1) is 0 Å². The van der Waals surface area contributed by atoms with Gasteiger partial charge in [-0.2, -0.15) is 59.1 Å². The van der Waals surface area contributed by atoms with Crippen LogP contribution in [-0.4, -0.2) is 11.9 Å². The number of hydrogen-bond acceptors (Lipinski definition) is 0. The van der Waals surface area contributed by atoms with Crippen molar-refractivity contribution in [2.24, 2.45) is 0 Å². The van der Waals surface area contributed by atoms with Crippen LogP contribution >= 0.6 is 24.8 Å². The van der Waals surface area contributed by atoms with Crippen molar-refractivity contribution in [3.8, 4) is 0 Å². The summed E-state index contributed by atoms with van der Waals surface area (Å²) in [5.74, 6) is 2.83. The predicted molar refractivity (Wildman–Crippen MR) is 132 cm³/mol. The maximum absolute atomic E-state index is 3.06. The van der Waals surface area contributed by atoms with Gasteiger partial charge >= 0.3 is 30.2 Å². The summed E-state index contributed by atoms with van der Waals surface area (Å²) in [4.78, 5) is 2.99. The van der Waals surface area contributed by atoms with E-state index in [4.69, 9.17) is 0 Å². The molecule has 0 atom stereocenters. The molecule has 0 unspecified atom stereocenters. The quantitative estimate of drug-likeness (QED) is 0.270. The van der Waals surface area contributed by atoms with E-state index in [1.807, 2.05) is 36.4 Å². The maximum Gasteiger partial charge on any atom is -0.0745 e. The van der Waals surface area contributed by atoms with Crippen LogP contribution < -0.4 is 0 Å². The summed E-state index contributed by atoms with van der Waals surface area (Å²) < 4.78 is 0. The van der Waals surface area contributed by atoms with Crippen molar-refractivity contribution < 1.29 is 23.3 Å². The number of aromatic amines is 1.